The lowest BCUT2D eigenvalue weighted by molar-refractivity contribution is 0.0577. The number of benzene rings is 2. The van der Waals surface area contributed by atoms with E-state index in [4.69, 9.17) is 4.98 Å². The van der Waals surface area contributed by atoms with Gasteiger partial charge in [-0.3, -0.25) is 14.5 Å². The van der Waals surface area contributed by atoms with E-state index in [1.165, 1.54) is 4.70 Å². The second kappa shape index (κ2) is 7.62. The fourth-order valence-corrected chi connectivity index (χ4v) is 5.02. The molecule has 7 nitrogen and oxygen atoms in total. The predicted molar refractivity (Wildman–Crippen MR) is 118 cm³/mol. The number of piperazine rings is 1. The first kappa shape index (κ1) is 18.9. The number of carbonyl (C=O) groups excluding carboxylic acids is 1. The number of thiazole rings is 1. The van der Waals surface area contributed by atoms with E-state index >= 15 is 0 Å². The molecule has 1 aliphatic heterocycles. The maximum Gasteiger partial charge on any atom is 0.275 e. The largest absolute Gasteiger partial charge is 0.335 e. The Labute approximate surface area is 177 Å². The summed E-state index contributed by atoms with van der Waals surface area (Å²) in [4.78, 5) is 34.1. The van der Waals surface area contributed by atoms with Crippen molar-refractivity contribution in [2.45, 2.75) is 13.0 Å². The quantitative estimate of drug-likeness (QED) is 0.552. The number of H-pyrrole nitrogens is 1. The van der Waals surface area contributed by atoms with Gasteiger partial charge in [0.2, 0.25) is 0 Å². The van der Waals surface area contributed by atoms with Crippen LogP contribution in [0.4, 0.5) is 0 Å². The lowest BCUT2D eigenvalue weighted by Crippen LogP contribution is -2.49. The molecule has 5 rings (SSSR count). The topological polar surface area (TPSA) is 82.2 Å². The molecular formula is C22H21N5O2S. The lowest BCUT2D eigenvalue weighted by Gasteiger charge is -2.37. The summed E-state index contributed by atoms with van der Waals surface area (Å²) < 4.78 is 1.20. The molecule has 1 fully saturated rings. The minimum Gasteiger partial charge on any atom is -0.335 e. The molecule has 2 aromatic carbocycles. The van der Waals surface area contributed by atoms with Gasteiger partial charge in [0.25, 0.3) is 11.5 Å². The fraction of sp³-hybridized carbons (Fsp3) is 0.273. The van der Waals surface area contributed by atoms with Crippen LogP contribution in [0.1, 0.15) is 28.5 Å². The molecule has 3 heterocycles. The molecule has 1 atom stereocenters. The van der Waals surface area contributed by atoms with E-state index in [0.717, 1.165) is 23.6 Å². The van der Waals surface area contributed by atoms with Crippen LogP contribution in [-0.2, 0) is 0 Å². The number of hydrogen-bond acceptors (Lipinski definition) is 6. The SMILES string of the molecule is C[C@@H](c1nc2ccccc2s1)N1CCN(C(=O)c2n[nH]c(=O)c3ccccc23)CC1. The van der Waals surface area contributed by atoms with Crippen molar-refractivity contribution >= 4 is 38.2 Å². The summed E-state index contributed by atoms with van der Waals surface area (Å²) in [6.07, 6.45) is 0. The number of amides is 1. The molecule has 0 saturated carbocycles. The second-order valence-corrected chi connectivity index (χ2v) is 8.53. The standard InChI is InChI=1S/C22H21N5O2S/c1-14(21-23-17-8-4-5-9-18(17)30-21)26-10-12-27(13-11-26)22(29)19-15-6-2-3-7-16(15)20(28)25-24-19/h2-9,14H,10-13H2,1H3,(H,25,28)/t14-/m0/s1. The Morgan fingerprint density at radius 2 is 1.73 bits per heavy atom. The van der Waals surface area contributed by atoms with E-state index in [0.29, 0.717) is 29.6 Å². The van der Waals surface area contributed by atoms with Gasteiger partial charge in [-0.05, 0) is 25.1 Å². The fourth-order valence-electron chi connectivity index (χ4n) is 3.96. The van der Waals surface area contributed by atoms with Crippen LogP contribution < -0.4 is 5.56 Å². The van der Waals surface area contributed by atoms with Gasteiger partial charge in [0.05, 0.1) is 21.6 Å². The van der Waals surface area contributed by atoms with Gasteiger partial charge in [-0.25, -0.2) is 10.1 Å². The molecule has 1 aliphatic rings. The molecule has 152 valence electrons. The Morgan fingerprint density at radius 1 is 1.03 bits per heavy atom. The van der Waals surface area contributed by atoms with Crippen LogP contribution in [-0.4, -0.2) is 57.1 Å². The van der Waals surface area contributed by atoms with E-state index in [9.17, 15) is 9.59 Å². The highest BCUT2D eigenvalue weighted by Crippen LogP contribution is 2.30. The number of fused-ring (bicyclic) bond motifs is 2. The average molecular weight is 420 g/mol. The van der Waals surface area contributed by atoms with Gasteiger partial charge < -0.3 is 4.90 Å². The summed E-state index contributed by atoms with van der Waals surface area (Å²) >= 11 is 1.73. The molecule has 0 aliphatic carbocycles. The highest BCUT2D eigenvalue weighted by molar-refractivity contribution is 7.18. The number of rotatable bonds is 3. The van der Waals surface area contributed by atoms with Gasteiger partial charge in [-0.15, -0.1) is 11.3 Å². The van der Waals surface area contributed by atoms with Crippen molar-refractivity contribution in [3.63, 3.8) is 0 Å². The van der Waals surface area contributed by atoms with Crippen LogP contribution in [0.5, 0.6) is 0 Å². The highest BCUT2D eigenvalue weighted by Gasteiger charge is 2.28. The zero-order valence-electron chi connectivity index (χ0n) is 16.5. The Bertz CT molecular complexity index is 1260. The summed E-state index contributed by atoms with van der Waals surface area (Å²) in [6.45, 7) is 4.94. The third kappa shape index (κ3) is 3.28. The second-order valence-electron chi connectivity index (χ2n) is 7.47. The van der Waals surface area contributed by atoms with Crippen molar-refractivity contribution in [2.75, 3.05) is 26.2 Å². The van der Waals surface area contributed by atoms with Gasteiger partial charge in [-0.2, -0.15) is 5.10 Å². The smallest absolute Gasteiger partial charge is 0.275 e. The van der Waals surface area contributed by atoms with Crippen molar-refractivity contribution in [1.29, 1.82) is 0 Å². The summed E-state index contributed by atoms with van der Waals surface area (Å²) in [7, 11) is 0. The van der Waals surface area contributed by atoms with Crippen molar-refractivity contribution in [2.24, 2.45) is 0 Å². The maximum atomic E-state index is 13.1. The Hall–Kier alpha value is -3.10. The molecule has 1 amide bonds. The first-order chi connectivity index (χ1) is 14.6. The maximum absolute atomic E-state index is 13.1. The number of carbonyl (C=O) groups is 1. The normalized spacial score (nSPS) is 16.2. The van der Waals surface area contributed by atoms with E-state index in [1.54, 1.807) is 29.5 Å². The number of nitrogens with one attached hydrogen (secondary N) is 1. The molecule has 1 saturated heterocycles. The molecule has 0 spiro atoms. The molecule has 0 unspecified atom stereocenters. The molecule has 0 bridgehead atoms. The molecule has 1 N–H and O–H groups in total. The third-order valence-electron chi connectivity index (χ3n) is 5.72. The van der Waals surface area contributed by atoms with Crippen LogP contribution in [0.2, 0.25) is 0 Å². The summed E-state index contributed by atoms with van der Waals surface area (Å²) in [5.74, 6) is -0.144. The van der Waals surface area contributed by atoms with Gasteiger partial charge in [0.1, 0.15) is 5.01 Å². The van der Waals surface area contributed by atoms with Crippen molar-refractivity contribution in [3.8, 4) is 0 Å². The minimum absolute atomic E-state index is 0.144. The summed E-state index contributed by atoms with van der Waals surface area (Å²) in [5, 5.41) is 8.69. The number of nitrogens with zero attached hydrogens (tertiary/aromatic N) is 4. The van der Waals surface area contributed by atoms with Gasteiger partial charge in [0, 0.05) is 31.6 Å². The summed E-state index contributed by atoms with van der Waals surface area (Å²) in [5.41, 5.74) is 1.06. The molecule has 2 aromatic heterocycles. The molecular weight excluding hydrogens is 398 g/mol. The Balaban J connectivity index is 1.32. The van der Waals surface area contributed by atoms with Crippen LogP contribution in [0.25, 0.3) is 21.0 Å². The van der Waals surface area contributed by atoms with Crippen molar-refractivity contribution < 1.29 is 4.79 Å². The zero-order chi connectivity index (χ0) is 20.7. The molecule has 8 heteroatoms. The number of aromatic nitrogens is 3. The molecule has 0 radical (unpaired) electrons. The van der Waals surface area contributed by atoms with Crippen LogP contribution >= 0.6 is 11.3 Å². The van der Waals surface area contributed by atoms with Gasteiger partial charge >= 0.3 is 0 Å². The number of hydrogen-bond donors (Lipinski definition) is 1. The lowest BCUT2D eigenvalue weighted by atomic mass is 10.1. The van der Waals surface area contributed by atoms with E-state index in [-0.39, 0.29) is 17.5 Å². The molecule has 4 aromatic rings. The minimum atomic E-state index is -0.281. The van der Waals surface area contributed by atoms with Gasteiger partial charge in [0.15, 0.2) is 5.69 Å². The Morgan fingerprint density at radius 3 is 2.50 bits per heavy atom. The third-order valence-corrected chi connectivity index (χ3v) is 6.92. The monoisotopic (exact) mass is 419 g/mol. The highest BCUT2D eigenvalue weighted by atomic mass is 32.1. The van der Waals surface area contributed by atoms with Crippen molar-refractivity contribution in [3.05, 3.63) is 69.6 Å². The predicted octanol–water partition coefficient (Wildman–Crippen LogP) is 3.05. The first-order valence-corrected chi connectivity index (χ1v) is 10.8. The zero-order valence-corrected chi connectivity index (χ0v) is 17.4. The van der Waals surface area contributed by atoms with Crippen LogP contribution in [0, 0.1) is 0 Å². The van der Waals surface area contributed by atoms with E-state index in [2.05, 4.69) is 28.1 Å². The van der Waals surface area contributed by atoms with Gasteiger partial charge in [-0.1, -0.05) is 30.3 Å². The average Bonchev–Trinajstić information content (AvgIpc) is 3.23. The number of para-hydroxylation sites is 1. The Kier molecular flexibility index (Phi) is 4.80. The van der Waals surface area contributed by atoms with E-state index < -0.39 is 0 Å². The van der Waals surface area contributed by atoms with Crippen molar-refractivity contribution in [1.82, 2.24) is 25.0 Å². The first-order valence-electron chi connectivity index (χ1n) is 9.98. The summed E-state index contributed by atoms with van der Waals surface area (Å²) in [6, 6.07) is 15.5. The van der Waals surface area contributed by atoms with Crippen LogP contribution in [0.3, 0.4) is 0 Å². The molecule has 30 heavy (non-hydrogen) atoms. The van der Waals surface area contributed by atoms with E-state index in [1.807, 2.05) is 29.2 Å². The van der Waals surface area contributed by atoms with Crippen LogP contribution in [0.15, 0.2) is 53.3 Å². The number of aromatic amines is 1.